The largest absolute Gasteiger partial charge is 0.331 e. The number of para-hydroxylation sites is 1. The minimum absolute atomic E-state index is 0.0280. The van der Waals surface area contributed by atoms with E-state index in [4.69, 9.17) is 0 Å². The van der Waals surface area contributed by atoms with Crippen molar-refractivity contribution in [1.29, 1.82) is 0 Å². The second-order valence-electron chi connectivity index (χ2n) is 5.93. The molecule has 23 heavy (non-hydrogen) atoms. The van der Waals surface area contributed by atoms with Crippen LogP contribution < -0.4 is 0 Å². The van der Waals surface area contributed by atoms with Gasteiger partial charge in [-0.05, 0) is 26.0 Å². The minimum atomic E-state index is -0.0280. The number of imidazole rings is 1. The molecule has 7 nitrogen and oxygen atoms in total. The first kappa shape index (κ1) is 13.9. The van der Waals surface area contributed by atoms with E-state index in [1.54, 1.807) is 4.68 Å². The van der Waals surface area contributed by atoms with Crippen LogP contribution in [0.1, 0.15) is 24.5 Å². The van der Waals surface area contributed by atoms with Gasteiger partial charge in [0.05, 0.1) is 17.3 Å². The summed E-state index contributed by atoms with van der Waals surface area (Å²) in [5.41, 5.74) is 2.67. The SMILES string of the molecule is Cc1cn2c(n1)C(C)N(C(=O)Cn1nnc3ccccc31)CC2. The highest BCUT2D eigenvalue weighted by Crippen LogP contribution is 2.25. The Hall–Kier alpha value is -2.70. The third-order valence-corrected chi connectivity index (χ3v) is 4.38. The molecule has 118 valence electrons. The Bertz CT molecular complexity index is 880. The summed E-state index contributed by atoms with van der Waals surface area (Å²) in [6.45, 7) is 5.67. The second-order valence-corrected chi connectivity index (χ2v) is 5.93. The predicted molar refractivity (Wildman–Crippen MR) is 84.6 cm³/mol. The summed E-state index contributed by atoms with van der Waals surface area (Å²) in [7, 11) is 0. The molecule has 3 aromatic rings. The van der Waals surface area contributed by atoms with Gasteiger partial charge in [0.25, 0.3) is 0 Å². The summed E-state index contributed by atoms with van der Waals surface area (Å²) in [6.07, 6.45) is 2.04. The molecule has 1 aromatic carbocycles. The van der Waals surface area contributed by atoms with Gasteiger partial charge in [-0.1, -0.05) is 17.3 Å². The van der Waals surface area contributed by atoms with Crippen LogP contribution >= 0.6 is 0 Å². The Morgan fingerprint density at radius 2 is 2.13 bits per heavy atom. The number of carbonyl (C=O) groups excluding carboxylic acids is 1. The van der Waals surface area contributed by atoms with Crippen molar-refractivity contribution in [3.63, 3.8) is 0 Å². The minimum Gasteiger partial charge on any atom is -0.331 e. The Balaban J connectivity index is 1.58. The molecule has 0 saturated heterocycles. The molecular formula is C16H18N6O. The van der Waals surface area contributed by atoms with Crippen LogP contribution in [0.5, 0.6) is 0 Å². The van der Waals surface area contributed by atoms with E-state index in [9.17, 15) is 4.79 Å². The third kappa shape index (κ3) is 2.28. The van der Waals surface area contributed by atoms with Crippen molar-refractivity contribution >= 4 is 16.9 Å². The lowest BCUT2D eigenvalue weighted by Crippen LogP contribution is -2.42. The van der Waals surface area contributed by atoms with Crippen LogP contribution in [0.25, 0.3) is 11.0 Å². The first-order chi connectivity index (χ1) is 11.1. The zero-order valence-electron chi connectivity index (χ0n) is 13.2. The van der Waals surface area contributed by atoms with Gasteiger partial charge in [-0.25, -0.2) is 9.67 Å². The van der Waals surface area contributed by atoms with Gasteiger partial charge in [0, 0.05) is 19.3 Å². The van der Waals surface area contributed by atoms with Crippen molar-refractivity contribution in [2.45, 2.75) is 33.0 Å². The monoisotopic (exact) mass is 310 g/mol. The number of hydrogen-bond acceptors (Lipinski definition) is 4. The molecule has 7 heteroatoms. The normalized spacial score (nSPS) is 17.5. The van der Waals surface area contributed by atoms with Crippen LogP contribution in [0.3, 0.4) is 0 Å². The second kappa shape index (κ2) is 5.19. The summed E-state index contributed by atoms with van der Waals surface area (Å²) in [5, 5.41) is 8.20. The van der Waals surface area contributed by atoms with Gasteiger partial charge < -0.3 is 9.47 Å². The summed E-state index contributed by atoms with van der Waals surface area (Å²) in [4.78, 5) is 19.2. The van der Waals surface area contributed by atoms with Crippen molar-refractivity contribution in [2.75, 3.05) is 6.54 Å². The first-order valence-electron chi connectivity index (χ1n) is 7.75. The molecular weight excluding hydrogens is 292 g/mol. The lowest BCUT2D eigenvalue weighted by atomic mass is 10.2. The maximum Gasteiger partial charge on any atom is 0.245 e. The zero-order valence-corrected chi connectivity index (χ0v) is 13.2. The quantitative estimate of drug-likeness (QED) is 0.720. The fraction of sp³-hybridized carbons (Fsp3) is 0.375. The zero-order chi connectivity index (χ0) is 16.0. The number of fused-ring (bicyclic) bond motifs is 2. The molecule has 1 amide bonds. The highest BCUT2D eigenvalue weighted by molar-refractivity contribution is 5.80. The molecule has 1 aliphatic rings. The van der Waals surface area contributed by atoms with Crippen molar-refractivity contribution in [3.05, 3.63) is 42.0 Å². The van der Waals surface area contributed by atoms with E-state index in [1.807, 2.05) is 49.2 Å². The molecule has 0 spiro atoms. The smallest absolute Gasteiger partial charge is 0.245 e. The fourth-order valence-electron chi connectivity index (χ4n) is 3.22. The van der Waals surface area contributed by atoms with Crippen LogP contribution in [0, 0.1) is 6.92 Å². The average Bonchev–Trinajstić information content (AvgIpc) is 3.11. The molecule has 0 bridgehead atoms. The first-order valence-corrected chi connectivity index (χ1v) is 7.75. The van der Waals surface area contributed by atoms with Crippen molar-refractivity contribution in [1.82, 2.24) is 29.4 Å². The number of amides is 1. The Kier molecular flexibility index (Phi) is 3.14. The summed E-state index contributed by atoms with van der Waals surface area (Å²) in [6, 6.07) is 7.64. The third-order valence-electron chi connectivity index (χ3n) is 4.38. The molecule has 1 unspecified atom stereocenters. The topological polar surface area (TPSA) is 68.8 Å². The molecule has 1 atom stereocenters. The maximum absolute atomic E-state index is 12.7. The van der Waals surface area contributed by atoms with Crippen LogP contribution in [-0.4, -0.2) is 41.9 Å². The van der Waals surface area contributed by atoms with Gasteiger partial charge >= 0.3 is 0 Å². The molecule has 0 fully saturated rings. The van der Waals surface area contributed by atoms with E-state index in [-0.39, 0.29) is 18.5 Å². The molecule has 3 heterocycles. The maximum atomic E-state index is 12.7. The number of nitrogens with zero attached hydrogens (tertiary/aromatic N) is 6. The van der Waals surface area contributed by atoms with E-state index < -0.39 is 0 Å². The number of benzene rings is 1. The predicted octanol–water partition coefficient (Wildman–Crippen LogP) is 1.54. The molecule has 2 aromatic heterocycles. The number of carbonyl (C=O) groups is 1. The highest BCUT2D eigenvalue weighted by atomic mass is 16.2. The van der Waals surface area contributed by atoms with E-state index in [2.05, 4.69) is 19.9 Å². The molecule has 0 N–H and O–H groups in total. The molecule has 0 radical (unpaired) electrons. The van der Waals surface area contributed by atoms with E-state index in [0.29, 0.717) is 6.54 Å². The molecule has 4 rings (SSSR count). The van der Waals surface area contributed by atoms with Gasteiger partial charge in [0.1, 0.15) is 17.9 Å². The average molecular weight is 310 g/mol. The standard InChI is InChI=1S/C16H18N6O/c1-11-9-20-7-8-21(12(2)16(20)17-11)15(23)10-22-14-6-4-3-5-13(14)18-19-22/h3-6,9,12H,7-8,10H2,1-2H3. The van der Waals surface area contributed by atoms with Crippen LogP contribution in [-0.2, 0) is 17.9 Å². The lowest BCUT2D eigenvalue weighted by molar-refractivity contribution is -0.135. The van der Waals surface area contributed by atoms with Crippen LogP contribution in [0.15, 0.2) is 30.5 Å². The van der Waals surface area contributed by atoms with E-state index in [0.717, 1.165) is 29.1 Å². The van der Waals surface area contributed by atoms with E-state index in [1.165, 1.54) is 0 Å². The number of aromatic nitrogens is 5. The molecule has 0 saturated carbocycles. The van der Waals surface area contributed by atoms with Crippen LogP contribution in [0.2, 0.25) is 0 Å². The van der Waals surface area contributed by atoms with Crippen molar-refractivity contribution < 1.29 is 4.79 Å². The summed E-state index contributed by atoms with van der Waals surface area (Å²) >= 11 is 0. The number of rotatable bonds is 2. The van der Waals surface area contributed by atoms with Crippen molar-refractivity contribution in [3.8, 4) is 0 Å². The fourth-order valence-corrected chi connectivity index (χ4v) is 3.22. The lowest BCUT2D eigenvalue weighted by Gasteiger charge is -2.33. The number of aryl methyl sites for hydroxylation is 1. The van der Waals surface area contributed by atoms with Gasteiger partial charge in [0.2, 0.25) is 5.91 Å². The van der Waals surface area contributed by atoms with Gasteiger partial charge in [0.15, 0.2) is 0 Å². The Labute approximate surface area is 133 Å². The van der Waals surface area contributed by atoms with Gasteiger partial charge in [-0.2, -0.15) is 0 Å². The summed E-state index contributed by atoms with van der Waals surface area (Å²) < 4.78 is 3.80. The van der Waals surface area contributed by atoms with Gasteiger partial charge in [-0.3, -0.25) is 4.79 Å². The molecule has 0 aliphatic carbocycles. The van der Waals surface area contributed by atoms with Crippen molar-refractivity contribution in [2.24, 2.45) is 0 Å². The number of hydrogen-bond donors (Lipinski definition) is 0. The van der Waals surface area contributed by atoms with E-state index >= 15 is 0 Å². The van der Waals surface area contributed by atoms with Crippen LogP contribution in [0.4, 0.5) is 0 Å². The summed E-state index contributed by atoms with van der Waals surface area (Å²) in [5.74, 6) is 0.991. The highest BCUT2D eigenvalue weighted by Gasteiger charge is 2.29. The van der Waals surface area contributed by atoms with Gasteiger partial charge in [-0.15, -0.1) is 5.10 Å². The molecule has 1 aliphatic heterocycles. The Morgan fingerprint density at radius 3 is 3.00 bits per heavy atom. The Morgan fingerprint density at radius 1 is 1.30 bits per heavy atom.